The Hall–Kier alpha value is -5.86. The number of hydrogen-bond donors (Lipinski definition) is 0. The van der Waals surface area contributed by atoms with E-state index < -0.39 is 0 Å². The number of anilines is 1. The van der Waals surface area contributed by atoms with Crippen LogP contribution in [0.4, 0.5) is 5.69 Å². The summed E-state index contributed by atoms with van der Waals surface area (Å²) in [7, 11) is 0. The maximum atomic E-state index is 15.1. The number of ether oxygens (including phenoxy) is 1. The molecule has 0 bridgehead atoms. The first-order valence-corrected chi connectivity index (χ1v) is 21.9. The van der Waals surface area contributed by atoms with Gasteiger partial charge >= 0.3 is 0 Å². The lowest BCUT2D eigenvalue weighted by atomic mass is 9.69. The van der Waals surface area contributed by atoms with E-state index in [1.807, 2.05) is 76.5 Å². The van der Waals surface area contributed by atoms with Gasteiger partial charge in [0.25, 0.3) is 5.91 Å². The molecule has 5 aromatic carbocycles. The zero-order chi connectivity index (χ0) is 41.9. The first kappa shape index (κ1) is 39.6. The summed E-state index contributed by atoms with van der Waals surface area (Å²) >= 11 is 0. The number of nitrogens with zero attached hydrogens (tertiary/aromatic N) is 2. The number of rotatable bonds is 7. The van der Waals surface area contributed by atoms with E-state index in [-0.39, 0.29) is 29.1 Å². The van der Waals surface area contributed by atoms with Crippen LogP contribution in [0.5, 0.6) is 11.5 Å². The predicted molar refractivity (Wildman–Crippen MR) is 243 cm³/mol. The van der Waals surface area contributed by atoms with E-state index in [0.717, 1.165) is 81.5 Å². The van der Waals surface area contributed by atoms with E-state index in [0.29, 0.717) is 37.0 Å². The van der Waals surface area contributed by atoms with Gasteiger partial charge in [-0.15, -0.1) is 0 Å². The Balaban J connectivity index is 1.13. The highest BCUT2D eigenvalue weighted by Gasteiger charge is 2.35. The summed E-state index contributed by atoms with van der Waals surface area (Å²) in [5.41, 5.74) is 11.5. The molecule has 0 saturated carbocycles. The van der Waals surface area contributed by atoms with E-state index in [9.17, 15) is 4.79 Å². The summed E-state index contributed by atoms with van der Waals surface area (Å²) in [6.07, 6.45) is 6.53. The van der Waals surface area contributed by atoms with Crippen LogP contribution in [0.2, 0.25) is 0 Å². The van der Waals surface area contributed by atoms with E-state index in [4.69, 9.17) is 4.74 Å². The Morgan fingerprint density at radius 3 is 2.30 bits per heavy atom. The van der Waals surface area contributed by atoms with Gasteiger partial charge in [-0.3, -0.25) is 9.59 Å². The van der Waals surface area contributed by atoms with Crippen molar-refractivity contribution in [1.29, 1.82) is 0 Å². The minimum Gasteiger partial charge on any atom is -0.456 e. The molecule has 0 saturated heterocycles. The van der Waals surface area contributed by atoms with Gasteiger partial charge in [0.2, 0.25) is 5.91 Å². The van der Waals surface area contributed by atoms with E-state index in [1.165, 1.54) is 21.9 Å². The van der Waals surface area contributed by atoms with Gasteiger partial charge < -0.3 is 14.5 Å². The maximum absolute atomic E-state index is 15.1. The highest BCUT2D eigenvalue weighted by atomic mass is 16.5. The summed E-state index contributed by atoms with van der Waals surface area (Å²) in [6, 6.07) is 33.2. The largest absolute Gasteiger partial charge is 0.456 e. The molecule has 5 nitrogen and oxygen atoms in total. The van der Waals surface area contributed by atoms with Crippen molar-refractivity contribution in [1.82, 2.24) is 4.90 Å². The lowest BCUT2D eigenvalue weighted by Gasteiger charge is -2.37. The molecule has 4 aliphatic rings. The number of carbonyl (C=O) groups excluding carboxylic acids is 2. The van der Waals surface area contributed by atoms with Gasteiger partial charge in [-0.1, -0.05) is 115 Å². The monoisotopic (exact) mass is 792 g/mol. The molecule has 0 spiro atoms. The molecule has 60 heavy (non-hydrogen) atoms. The second kappa shape index (κ2) is 15.3. The molecule has 9 rings (SSSR count). The lowest BCUT2D eigenvalue weighted by Crippen LogP contribution is -2.38. The fourth-order valence-corrected chi connectivity index (χ4v) is 10.6. The van der Waals surface area contributed by atoms with E-state index in [2.05, 4.69) is 96.7 Å². The maximum Gasteiger partial charge on any atom is 0.254 e. The van der Waals surface area contributed by atoms with Crippen molar-refractivity contribution < 1.29 is 14.3 Å². The van der Waals surface area contributed by atoms with Crippen LogP contribution in [-0.2, 0) is 17.8 Å². The molecule has 2 heterocycles. The first-order chi connectivity index (χ1) is 28.8. The fraction of sp³-hybridized carbons (Fsp3) is 0.345. The normalized spacial score (nSPS) is 18.9. The molecule has 2 aliphatic carbocycles. The number of amides is 2. The Morgan fingerprint density at radius 2 is 1.48 bits per heavy atom. The molecule has 0 fully saturated rings. The SMILES string of the molecule is CCCN(CCC(=O)N1Cc2ccccc2C#Cc2ccccc21)C(=O)c1ccccc1C1=c2cc3c(cc2Oc2cc4c(cc21)C(C)CC(C)(C)C4)=CC(C)(C)CC3C. The molecule has 2 unspecified atom stereocenters. The van der Waals surface area contributed by atoms with Crippen molar-refractivity contribution >= 4 is 29.2 Å². The predicted octanol–water partition coefficient (Wildman–Crippen LogP) is 10.6. The van der Waals surface area contributed by atoms with Crippen molar-refractivity contribution in [2.75, 3.05) is 18.0 Å². The number of hydrogen-bond acceptors (Lipinski definition) is 3. The van der Waals surface area contributed by atoms with Gasteiger partial charge in [0.15, 0.2) is 0 Å². The van der Waals surface area contributed by atoms with Crippen LogP contribution in [0.15, 0.2) is 97.1 Å². The highest BCUT2D eigenvalue weighted by molar-refractivity contribution is 6.02. The average molecular weight is 793 g/mol. The zero-order valence-electron chi connectivity index (χ0n) is 36.2. The number of carbonyl (C=O) groups is 2. The molecular weight excluding hydrogens is 737 g/mol. The molecular formula is C55H56N2O3. The minimum atomic E-state index is -0.0684. The molecule has 0 aromatic heterocycles. The zero-order valence-corrected chi connectivity index (χ0v) is 36.2. The van der Waals surface area contributed by atoms with Gasteiger partial charge in [0.05, 0.1) is 12.2 Å². The molecule has 5 heteroatoms. The third-order valence-corrected chi connectivity index (χ3v) is 13.1. The van der Waals surface area contributed by atoms with Gasteiger partial charge in [-0.05, 0) is 130 Å². The van der Waals surface area contributed by atoms with Crippen LogP contribution in [0.1, 0.15) is 141 Å². The van der Waals surface area contributed by atoms with Crippen molar-refractivity contribution in [2.24, 2.45) is 10.8 Å². The first-order valence-electron chi connectivity index (χ1n) is 21.9. The minimum absolute atomic E-state index is 0.0363. The van der Waals surface area contributed by atoms with Gasteiger partial charge in [-0.2, -0.15) is 0 Å². The fourth-order valence-electron chi connectivity index (χ4n) is 10.6. The number of benzene rings is 5. The van der Waals surface area contributed by atoms with Crippen LogP contribution in [0.3, 0.4) is 0 Å². The smallest absolute Gasteiger partial charge is 0.254 e. The van der Waals surface area contributed by atoms with Gasteiger partial charge in [-0.25, -0.2) is 0 Å². The third-order valence-electron chi connectivity index (χ3n) is 13.1. The second-order valence-electron chi connectivity index (χ2n) is 19.2. The molecule has 304 valence electrons. The van der Waals surface area contributed by atoms with Crippen molar-refractivity contribution in [3.05, 3.63) is 158 Å². The van der Waals surface area contributed by atoms with Crippen LogP contribution in [0, 0.1) is 22.7 Å². The van der Waals surface area contributed by atoms with Crippen LogP contribution >= 0.6 is 0 Å². The van der Waals surface area contributed by atoms with Gasteiger partial charge in [0, 0.05) is 52.6 Å². The second-order valence-corrected chi connectivity index (χ2v) is 19.2. The Kier molecular flexibility index (Phi) is 10.1. The summed E-state index contributed by atoms with van der Waals surface area (Å²) in [6.45, 7) is 17.4. The summed E-state index contributed by atoms with van der Waals surface area (Å²) in [5, 5.41) is 2.26. The van der Waals surface area contributed by atoms with Crippen molar-refractivity contribution in [2.45, 2.75) is 99.0 Å². The van der Waals surface area contributed by atoms with Gasteiger partial charge in [0.1, 0.15) is 11.5 Å². The van der Waals surface area contributed by atoms with Crippen molar-refractivity contribution in [3.8, 4) is 23.3 Å². The van der Waals surface area contributed by atoms with Crippen molar-refractivity contribution in [3.63, 3.8) is 0 Å². The topological polar surface area (TPSA) is 49.9 Å². The van der Waals surface area contributed by atoms with Crippen LogP contribution < -0.4 is 20.1 Å². The van der Waals surface area contributed by atoms with Crippen LogP contribution in [0.25, 0.3) is 11.6 Å². The number of fused-ring (bicyclic) bond motifs is 6. The molecule has 2 atom stereocenters. The standard InChI is InChI=1S/C55H56N2O3/c1-8-24-56(25-23-51(58)57-34-39-17-10-9-15-37(39)21-22-38-16-11-14-20-48(38)57)53(59)43-19-13-12-18-42(43)52-46-28-44-35(2)30-54(4,5)32-40(44)26-49(46)60-50-27-41-33-55(6,7)31-36(3)45(41)29-47(50)52/h9-20,26-29,32,35-36H,8,23-25,30-31,33-34H2,1-7H3. The van der Waals surface area contributed by atoms with E-state index >= 15 is 4.79 Å². The Bertz CT molecular complexity index is 2760. The summed E-state index contributed by atoms with van der Waals surface area (Å²) < 4.78 is 6.95. The summed E-state index contributed by atoms with van der Waals surface area (Å²) in [5.74, 6) is 8.96. The summed E-state index contributed by atoms with van der Waals surface area (Å²) in [4.78, 5) is 33.2. The molecule has 5 aromatic rings. The lowest BCUT2D eigenvalue weighted by molar-refractivity contribution is -0.119. The Morgan fingerprint density at radius 1 is 0.767 bits per heavy atom. The molecule has 0 radical (unpaired) electrons. The third kappa shape index (κ3) is 7.36. The van der Waals surface area contributed by atoms with Crippen LogP contribution in [-0.4, -0.2) is 29.8 Å². The Labute approximate surface area is 355 Å². The number of para-hydroxylation sites is 1. The quantitative estimate of drug-likeness (QED) is 0.151. The molecule has 0 N–H and O–H groups in total. The molecule has 2 amide bonds. The van der Waals surface area contributed by atoms with E-state index in [1.54, 1.807) is 0 Å². The average Bonchev–Trinajstić information content (AvgIpc) is 3.20. The molecule has 2 aliphatic heterocycles. The highest BCUT2D eigenvalue weighted by Crippen LogP contribution is 2.47.